The van der Waals surface area contributed by atoms with E-state index in [9.17, 15) is 13.2 Å². The van der Waals surface area contributed by atoms with E-state index in [0.29, 0.717) is 10.9 Å². The van der Waals surface area contributed by atoms with Crippen LogP contribution >= 0.6 is 11.3 Å². The van der Waals surface area contributed by atoms with Crippen molar-refractivity contribution in [2.45, 2.75) is 31.7 Å². The van der Waals surface area contributed by atoms with Crippen LogP contribution in [0.25, 0.3) is 10.2 Å². The molecule has 0 fully saturated rings. The molecule has 2 heterocycles. The molecule has 0 aliphatic heterocycles. The number of furan rings is 1. The predicted octanol–water partition coefficient (Wildman–Crippen LogP) is 4.69. The number of hydrogen-bond donors (Lipinski definition) is 0. The summed E-state index contributed by atoms with van der Waals surface area (Å²) in [6.45, 7) is 4.34. The van der Waals surface area contributed by atoms with Crippen molar-refractivity contribution >= 4 is 42.4 Å². The Labute approximate surface area is 185 Å². The first-order valence-electron chi connectivity index (χ1n) is 9.71. The second kappa shape index (κ2) is 8.28. The van der Waals surface area contributed by atoms with E-state index in [-0.39, 0.29) is 23.8 Å². The average molecular weight is 455 g/mol. The molecule has 6 nitrogen and oxygen atoms in total. The van der Waals surface area contributed by atoms with E-state index in [0.717, 1.165) is 33.2 Å². The van der Waals surface area contributed by atoms with E-state index in [1.165, 1.54) is 23.5 Å². The van der Waals surface area contributed by atoms with E-state index in [2.05, 4.69) is 6.07 Å². The summed E-state index contributed by atoms with van der Waals surface area (Å²) >= 11 is 1.47. The van der Waals surface area contributed by atoms with Gasteiger partial charge in [0.2, 0.25) is 5.91 Å². The zero-order valence-corrected chi connectivity index (χ0v) is 19.1. The number of amides is 1. The Morgan fingerprint density at radius 2 is 1.84 bits per heavy atom. The van der Waals surface area contributed by atoms with Gasteiger partial charge in [0.05, 0.1) is 34.3 Å². The van der Waals surface area contributed by atoms with Crippen LogP contribution in [-0.4, -0.2) is 25.6 Å². The fourth-order valence-electron chi connectivity index (χ4n) is 3.28. The highest BCUT2D eigenvalue weighted by Gasteiger charge is 2.22. The van der Waals surface area contributed by atoms with Gasteiger partial charge in [0.25, 0.3) is 0 Å². The summed E-state index contributed by atoms with van der Waals surface area (Å²) in [5.41, 5.74) is 3.88. The van der Waals surface area contributed by atoms with Crippen molar-refractivity contribution in [1.82, 2.24) is 4.98 Å². The molecule has 4 aromatic rings. The van der Waals surface area contributed by atoms with Crippen molar-refractivity contribution in [3.8, 4) is 0 Å². The van der Waals surface area contributed by atoms with Crippen molar-refractivity contribution in [3.05, 3.63) is 77.2 Å². The van der Waals surface area contributed by atoms with Crippen LogP contribution in [0.2, 0.25) is 0 Å². The number of carbonyl (C=O) groups excluding carboxylic acids is 1. The average Bonchev–Trinajstić information content (AvgIpc) is 3.38. The summed E-state index contributed by atoms with van der Waals surface area (Å²) in [5, 5.41) is 0.609. The zero-order chi connectivity index (χ0) is 22.2. The minimum absolute atomic E-state index is 0.124. The van der Waals surface area contributed by atoms with E-state index in [1.54, 1.807) is 29.4 Å². The Morgan fingerprint density at radius 3 is 2.48 bits per heavy atom. The van der Waals surface area contributed by atoms with Gasteiger partial charge in [-0.15, -0.1) is 0 Å². The summed E-state index contributed by atoms with van der Waals surface area (Å²) in [6, 6.07) is 14.1. The van der Waals surface area contributed by atoms with Crippen molar-refractivity contribution in [2.75, 3.05) is 11.2 Å². The number of hydrogen-bond acceptors (Lipinski definition) is 6. The molecule has 0 aliphatic rings. The number of rotatable bonds is 6. The first kappa shape index (κ1) is 21.3. The highest BCUT2D eigenvalue weighted by molar-refractivity contribution is 7.90. The van der Waals surface area contributed by atoms with Crippen molar-refractivity contribution in [2.24, 2.45) is 0 Å². The number of thiazole rings is 1. The Balaban J connectivity index is 1.66. The molecule has 8 heteroatoms. The minimum atomic E-state index is -3.28. The van der Waals surface area contributed by atoms with Gasteiger partial charge in [0.15, 0.2) is 15.0 Å². The normalized spacial score (nSPS) is 11.7. The van der Waals surface area contributed by atoms with E-state index < -0.39 is 9.84 Å². The summed E-state index contributed by atoms with van der Waals surface area (Å²) in [6.07, 6.45) is 2.86. The highest BCUT2D eigenvalue weighted by atomic mass is 32.2. The number of aryl methyl sites for hydroxylation is 2. The standard InChI is InChI=1S/C23H22N2O4S2/c1-15-6-11-20-22(16(15)2)24-23(30-20)25(14-18-5-4-12-29-18)21(26)13-17-7-9-19(10-8-17)31(3,27)28/h4-12H,13-14H2,1-3H3. The second-order valence-electron chi connectivity index (χ2n) is 7.50. The van der Waals surface area contributed by atoms with Gasteiger partial charge in [-0.3, -0.25) is 9.69 Å². The molecule has 0 saturated carbocycles. The van der Waals surface area contributed by atoms with Gasteiger partial charge < -0.3 is 4.42 Å². The number of nitrogens with zero attached hydrogens (tertiary/aromatic N) is 2. The number of sulfone groups is 1. The largest absolute Gasteiger partial charge is 0.467 e. The van der Waals surface area contributed by atoms with E-state index in [4.69, 9.17) is 9.40 Å². The summed E-state index contributed by atoms with van der Waals surface area (Å²) in [7, 11) is -3.28. The van der Waals surface area contributed by atoms with Crippen molar-refractivity contribution in [3.63, 3.8) is 0 Å². The molecular formula is C23H22N2O4S2. The third-order valence-electron chi connectivity index (χ3n) is 5.21. The fourth-order valence-corrected chi connectivity index (χ4v) is 4.95. The molecule has 0 radical (unpaired) electrons. The zero-order valence-electron chi connectivity index (χ0n) is 17.5. The molecule has 4 rings (SSSR count). The number of aromatic nitrogens is 1. The fraction of sp³-hybridized carbons (Fsp3) is 0.217. The van der Waals surface area contributed by atoms with Gasteiger partial charge >= 0.3 is 0 Å². The SMILES string of the molecule is Cc1ccc2sc(N(Cc3ccco3)C(=O)Cc3ccc(S(C)(=O)=O)cc3)nc2c1C. The quantitative estimate of drug-likeness (QED) is 0.422. The maximum Gasteiger partial charge on any atom is 0.233 e. The predicted molar refractivity (Wildman–Crippen MR) is 122 cm³/mol. The van der Waals surface area contributed by atoms with Crippen LogP contribution in [0.1, 0.15) is 22.5 Å². The Hall–Kier alpha value is -2.97. The molecule has 2 aromatic heterocycles. The second-order valence-corrected chi connectivity index (χ2v) is 10.5. The molecule has 0 unspecified atom stereocenters. The number of anilines is 1. The molecule has 0 spiro atoms. The monoisotopic (exact) mass is 454 g/mol. The minimum Gasteiger partial charge on any atom is -0.467 e. The van der Waals surface area contributed by atoms with Crippen LogP contribution in [0.4, 0.5) is 5.13 Å². The first-order chi connectivity index (χ1) is 14.7. The molecule has 1 amide bonds. The van der Waals surface area contributed by atoms with Crippen LogP contribution in [-0.2, 0) is 27.6 Å². The van der Waals surface area contributed by atoms with Gasteiger partial charge in [-0.2, -0.15) is 0 Å². The molecule has 0 N–H and O–H groups in total. The number of benzene rings is 2. The summed E-state index contributed by atoms with van der Waals surface area (Å²) in [4.78, 5) is 19.9. The topological polar surface area (TPSA) is 80.5 Å². The summed E-state index contributed by atoms with van der Waals surface area (Å²) in [5.74, 6) is 0.518. The Bertz CT molecular complexity index is 1340. The Kier molecular flexibility index (Phi) is 5.68. The third-order valence-corrected chi connectivity index (χ3v) is 7.38. The van der Waals surface area contributed by atoms with Gasteiger partial charge in [-0.25, -0.2) is 13.4 Å². The van der Waals surface area contributed by atoms with Crippen LogP contribution in [0.5, 0.6) is 0 Å². The Morgan fingerprint density at radius 1 is 1.10 bits per heavy atom. The molecule has 0 aliphatic carbocycles. The maximum absolute atomic E-state index is 13.3. The maximum atomic E-state index is 13.3. The van der Waals surface area contributed by atoms with E-state index >= 15 is 0 Å². The highest BCUT2D eigenvalue weighted by Crippen LogP contribution is 2.33. The lowest BCUT2D eigenvalue weighted by atomic mass is 10.1. The number of fused-ring (bicyclic) bond motifs is 1. The lowest BCUT2D eigenvalue weighted by Gasteiger charge is -2.19. The number of carbonyl (C=O) groups is 1. The van der Waals surface area contributed by atoms with Crippen molar-refractivity contribution < 1.29 is 17.6 Å². The summed E-state index contributed by atoms with van der Waals surface area (Å²) < 4.78 is 29.9. The molecular weight excluding hydrogens is 432 g/mol. The third kappa shape index (κ3) is 4.55. The van der Waals surface area contributed by atoms with Gasteiger partial charge in [0.1, 0.15) is 5.76 Å². The lowest BCUT2D eigenvalue weighted by Crippen LogP contribution is -2.31. The van der Waals surface area contributed by atoms with E-state index in [1.807, 2.05) is 26.0 Å². The van der Waals surface area contributed by atoms with Gasteiger partial charge in [-0.1, -0.05) is 29.5 Å². The van der Waals surface area contributed by atoms with Crippen LogP contribution in [0.3, 0.4) is 0 Å². The molecule has 2 aromatic carbocycles. The first-order valence-corrected chi connectivity index (χ1v) is 12.4. The van der Waals surface area contributed by atoms with Gasteiger partial charge in [-0.05, 0) is 60.9 Å². The molecule has 0 bridgehead atoms. The lowest BCUT2D eigenvalue weighted by molar-refractivity contribution is -0.118. The molecule has 160 valence electrons. The van der Waals surface area contributed by atoms with Crippen LogP contribution < -0.4 is 4.90 Å². The smallest absolute Gasteiger partial charge is 0.233 e. The van der Waals surface area contributed by atoms with Crippen LogP contribution in [0.15, 0.2) is 64.1 Å². The molecule has 31 heavy (non-hydrogen) atoms. The molecule has 0 saturated heterocycles. The molecule has 0 atom stereocenters. The van der Waals surface area contributed by atoms with Gasteiger partial charge in [0, 0.05) is 6.26 Å². The van der Waals surface area contributed by atoms with Crippen molar-refractivity contribution in [1.29, 1.82) is 0 Å². The van der Waals surface area contributed by atoms with Crippen LogP contribution in [0, 0.1) is 13.8 Å².